The lowest BCUT2D eigenvalue weighted by Gasteiger charge is -2.24. The molecule has 0 aromatic carbocycles. The lowest BCUT2D eigenvalue weighted by atomic mass is 10.2. The molecule has 0 aliphatic heterocycles. The molecule has 1 N–H and O–H groups in total. The Bertz CT molecular complexity index is 719. The Hall–Kier alpha value is -2.11. The largest absolute Gasteiger partial charge is 0.481 e. The van der Waals surface area contributed by atoms with Gasteiger partial charge in [-0.1, -0.05) is 0 Å². The second kappa shape index (κ2) is 30.5. The van der Waals surface area contributed by atoms with Crippen molar-refractivity contribution in [2.75, 3.05) is 126 Å². The minimum absolute atomic E-state index is 0.0575. The van der Waals surface area contributed by atoms with E-state index < -0.39 is 11.6 Å². The van der Waals surface area contributed by atoms with Gasteiger partial charge < -0.3 is 57.4 Å². The van der Waals surface area contributed by atoms with Crippen LogP contribution in [-0.4, -0.2) is 160 Å². The first kappa shape index (κ1) is 42.9. The second-order valence-corrected chi connectivity index (χ2v) is 10.6. The SMILES string of the molecule is CN(CCOCCOCCOCCOCCOCCOCCOCCOCCOC(=O)CCCCC(=O)O)C(=O)OC(C)(C)C. The summed E-state index contributed by atoms with van der Waals surface area (Å²) < 4.78 is 53.7. The van der Waals surface area contributed by atoms with Crippen LogP contribution in [0.4, 0.5) is 4.79 Å². The maximum absolute atomic E-state index is 11.8. The molecule has 15 nitrogen and oxygen atoms in total. The van der Waals surface area contributed by atoms with E-state index >= 15 is 0 Å². The number of rotatable bonds is 32. The maximum Gasteiger partial charge on any atom is 0.410 e. The summed E-state index contributed by atoms with van der Waals surface area (Å²) in [5.74, 6) is -1.22. The van der Waals surface area contributed by atoms with E-state index in [1.165, 1.54) is 4.90 Å². The van der Waals surface area contributed by atoms with Crippen molar-refractivity contribution in [3.63, 3.8) is 0 Å². The predicted molar refractivity (Wildman–Crippen MR) is 162 cm³/mol. The van der Waals surface area contributed by atoms with Gasteiger partial charge in [-0.15, -0.1) is 0 Å². The van der Waals surface area contributed by atoms with Crippen molar-refractivity contribution in [3.05, 3.63) is 0 Å². The molecule has 0 fully saturated rings. The van der Waals surface area contributed by atoms with Gasteiger partial charge in [0.1, 0.15) is 12.2 Å². The van der Waals surface area contributed by atoms with Gasteiger partial charge in [-0.3, -0.25) is 9.59 Å². The highest BCUT2D eigenvalue weighted by atomic mass is 16.6. The van der Waals surface area contributed by atoms with Crippen LogP contribution in [0.2, 0.25) is 0 Å². The van der Waals surface area contributed by atoms with E-state index in [4.69, 9.17) is 52.5 Å². The molecule has 45 heavy (non-hydrogen) atoms. The van der Waals surface area contributed by atoms with Crippen LogP contribution >= 0.6 is 0 Å². The summed E-state index contributed by atoms with van der Waals surface area (Å²) in [4.78, 5) is 35.2. The normalized spacial score (nSPS) is 11.5. The number of esters is 1. The van der Waals surface area contributed by atoms with Gasteiger partial charge >= 0.3 is 18.0 Å². The molecule has 0 saturated carbocycles. The van der Waals surface area contributed by atoms with Gasteiger partial charge in [0.15, 0.2) is 0 Å². The third-order valence-corrected chi connectivity index (χ3v) is 5.39. The highest BCUT2D eigenvalue weighted by Crippen LogP contribution is 2.08. The highest BCUT2D eigenvalue weighted by molar-refractivity contribution is 5.69. The topological polar surface area (TPSA) is 167 Å². The van der Waals surface area contributed by atoms with Crippen molar-refractivity contribution in [2.45, 2.75) is 52.1 Å². The average Bonchev–Trinajstić information content (AvgIpc) is 2.97. The van der Waals surface area contributed by atoms with Gasteiger partial charge in [-0.25, -0.2) is 4.79 Å². The fourth-order valence-electron chi connectivity index (χ4n) is 3.11. The summed E-state index contributed by atoms with van der Waals surface area (Å²) in [5.41, 5.74) is -0.517. The number of hydrogen-bond acceptors (Lipinski definition) is 13. The summed E-state index contributed by atoms with van der Waals surface area (Å²) in [7, 11) is 1.67. The molecule has 0 saturated heterocycles. The van der Waals surface area contributed by atoms with Crippen molar-refractivity contribution in [2.24, 2.45) is 0 Å². The molecule has 0 unspecified atom stereocenters. The fraction of sp³-hybridized carbons (Fsp3) is 0.900. The van der Waals surface area contributed by atoms with Gasteiger partial charge in [0.2, 0.25) is 0 Å². The molecule has 0 aliphatic carbocycles. The van der Waals surface area contributed by atoms with Crippen molar-refractivity contribution in [3.8, 4) is 0 Å². The number of carboxylic acid groups (broad SMARTS) is 1. The van der Waals surface area contributed by atoms with Gasteiger partial charge in [-0.05, 0) is 33.6 Å². The van der Waals surface area contributed by atoms with E-state index in [0.29, 0.717) is 118 Å². The number of carboxylic acids is 1. The molecule has 0 heterocycles. The number of aliphatic carboxylic acids is 1. The monoisotopic (exact) mass is 655 g/mol. The van der Waals surface area contributed by atoms with Crippen molar-refractivity contribution < 1.29 is 66.9 Å². The van der Waals surface area contributed by atoms with Crippen molar-refractivity contribution in [1.29, 1.82) is 0 Å². The number of likely N-dealkylation sites (N-methyl/N-ethyl adjacent to an activating group) is 1. The van der Waals surface area contributed by atoms with Crippen molar-refractivity contribution >= 4 is 18.0 Å². The molecule has 266 valence electrons. The van der Waals surface area contributed by atoms with E-state index in [9.17, 15) is 14.4 Å². The first-order chi connectivity index (χ1) is 21.6. The Kier molecular flexibility index (Phi) is 29.1. The Labute approximate surface area is 267 Å². The van der Waals surface area contributed by atoms with Crippen LogP contribution in [0.25, 0.3) is 0 Å². The first-order valence-corrected chi connectivity index (χ1v) is 15.5. The average molecular weight is 656 g/mol. The van der Waals surface area contributed by atoms with Gasteiger partial charge in [0, 0.05) is 26.4 Å². The molecule has 0 rings (SSSR count). The minimum atomic E-state index is -0.865. The Morgan fingerprint density at radius 2 is 0.867 bits per heavy atom. The molecule has 0 atom stereocenters. The van der Waals surface area contributed by atoms with Crippen LogP contribution in [0.3, 0.4) is 0 Å². The molecule has 1 amide bonds. The number of nitrogens with zero attached hydrogens (tertiary/aromatic N) is 1. The summed E-state index contributed by atoms with van der Waals surface area (Å²) in [6.07, 6.45) is 0.852. The number of unbranched alkanes of at least 4 members (excludes halogenated alkanes) is 1. The smallest absolute Gasteiger partial charge is 0.410 e. The van der Waals surface area contributed by atoms with Crippen LogP contribution in [0, 0.1) is 0 Å². The van der Waals surface area contributed by atoms with Crippen LogP contribution in [0.1, 0.15) is 46.5 Å². The summed E-state index contributed by atoms with van der Waals surface area (Å²) in [5, 5.41) is 8.54. The van der Waals surface area contributed by atoms with E-state index in [0.717, 1.165) is 0 Å². The molecule has 0 aromatic rings. The Morgan fingerprint density at radius 1 is 0.533 bits per heavy atom. The summed E-state index contributed by atoms with van der Waals surface area (Å²) >= 11 is 0. The molecular formula is C30H57NO14. The number of carbonyl (C=O) groups excluding carboxylic acids is 2. The standard InChI is InChI=1S/C30H57NO14/c1-30(2,3)45-29(35)31(4)9-10-36-11-12-37-13-14-38-15-16-39-17-18-40-19-20-41-21-22-42-23-24-43-25-26-44-28(34)8-6-5-7-27(32)33/h5-26H2,1-4H3,(H,32,33). The number of ether oxygens (including phenoxy) is 10. The number of amides is 1. The summed E-state index contributed by atoms with van der Waals surface area (Å²) in [6.45, 7) is 13.0. The predicted octanol–water partition coefficient (Wildman–Crippen LogP) is 2.17. The molecule has 15 heteroatoms. The third kappa shape index (κ3) is 34.6. The van der Waals surface area contributed by atoms with Crippen LogP contribution < -0.4 is 0 Å². The van der Waals surface area contributed by atoms with Crippen molar-refractivity contribution in [1.82, 2.24) is 4.90 Å². The minimum Gasteiger partial charge on any atom is -0.481 e. The van der Waals surface area contributed by atoms with Crippen LogP contribution in [-0.2, 0) is 57.0 Å². The number of hydrogen-bond donors (Lipinski definition) is 1. The van der Waals surface area contributed by atoms with Gasteiger partial charge in [0.05, 0.1) is 106 Å². The quantitative estimate of drug-likeness (QED) is 0.0827. The highest BCUT2D eigenvalue weighted by Gasteiger charge is 2.19. The third-order valence-electron chi connectivity index (χ3n) is 5.39. The van der Waals surface area contributed by atoms with Crippen LogP contribution in [0.5, 0.6) is 0 Å². The van der Waals surface area contributed by atoms with Gasteiger partial charge in [-0.2, -0.15) is 0 Å². The molecular weight excluding hydrogens is 598 g/mol. The summed E-state index contributed by atoms with van der Waals surface area (Å²) in [6, 6.07) is 0. The Morgan fingerprint density at radius 3 is 1.22 bits per heavy atom. The number of carbonyl (C=O) groups is 3. The first-order valence-electron chi connectivity index (χ1n) is 15.5. The molecule has 0 aliphatic rings. The fourth-order valence-corrected chi connectivity index (χ4v) is 3.11. The zero-order valence-corrected chi connectivity index (χ0v) is 27.8. The van der Waals surface area contributed by atoms with E-state index in [2.05, 4.69) is 0 Å². The lowest BCUT2D eigenvalue weighted by molar-refractivity contribution is -0.146. The van der Waals surface area contributed by atoms with Crippen LogP contribution in [0.15, 0.2) is 0 Å². The maximum atomic E-state index is 11.8. The van der Waals surface area contributed by atoms with E-state index in [1.54, 1.807) is 7.05 Å². The van der Waals surface area contributed by atoms with E-state index in [-0.39, 0.29) is 38.1 Å². The zero-order chi connectivity index (χ0) is 33.4. The molecule has 0 bridgehead atoms. The molecule has 0 aromatic heterocycles. The lowest BCUT2D eigenvalue weighted by Crippen LogP contribution is -2.36. The second-order valence-electron chi connectivity index (χ2n) is 10.6. The van der Waals surface area contributed by atoms with Gasteiger partial charge in [0.25, 0.3) is 0 Å². The zero-order valence-electron chi connectivity index (χ0n) is 27.8. The molecule has 0 radical (unpaired) electrons. The Balaban J connectivity index is 3.20. The molecule has 0 spiro atoms. The van der Waals surface area contributed by atoms with E-state index in [1.807, 2.05) is 20.8 Å².